The lowest BCUT2D eigenvalue weighted by Crippen LogP contribution is -2.06. The van der Waals surface area contributed by atoms with Crippen molar-refractivity contribution < 1.29 is 35.8 Å². The van der Waals surface area contributed by atoms with E-state index < -0.39 is 23.7 Å². The lowest BCUT2D eigenvalue weighted by molar-refractivity contribution is -0.142. The van der Waals surface area contributed by atoms with Crippen LogP contribution in [0.25, 0.3) is 0 Å². The quantitative estimate of drug-likeness (QED) is 0.604. The van der Waals surface area contributed by atoms with Gasteiger partial charge in [-0.05, 0) is 0 Å². The lowest BCUT2D eigenvalue weighted by Gasteiger charge is -2.10. The van der Waals surface area contributed by atoms with E-state index in [0.717, 1.165) is 9.36 Å². The van der Waals surface area contributed by atoms with Gasteiger partial charge >= 0.3 is 12.4 Å². The Morgan fingerprint density at radius 2 is 1.17 bits per heavy atom. The van der Waals surface area contributed by atoms with Crippen molar-refractivity contribution in [2.75, 3.05) is 12.4 Å². The second kappa shape index (κ2) is 7.42. The fraction of sp³-hybridized carbons (Fsp3) is 0.312. The Labute approximate surface area is 165 Å². The van der Waals surface area contributed by atoms with Crippen LogP contribution in [-0.4, -0.2) is 31.6 Å². The second-order valence-corrected chi connectivity index (χ2v) is 5.96. The number of aromatic nitrogens is 5. The van der Waals surface area contributed by atoms with Gasteiger partial charge in [-0.25, -0.2) is 9.36 Å². The average Bonchev–Trinajstić information content (AvgIpc) is 3.18. The van der Waals surface area contributed by atoms with Crippen molar-refractivity contribution in [3.63, 3.8) is 0 Å². The van der Waals surface area contributed by atoms with Crippen LogP contribution in [0.4, 0.5) is 32.0 Å². The molecule has 3 rings (SSSR count). The van der Waals surface area contributed by atoms with Crippen molar-refractivity contribution in [3.05, 3.63) is 35.7 Å². The molecule has 162 valence electrons. The number of hydrogen-bond acceptors (Lipinski definition) is 6. The Kier molecular flexibility index (Phi) is 5.26. The van der Waals surface area contributed by atoms with Gasteiger partial charge in [0.25, 0.3) is 0 Å². The molecule has 0 unspecified atom stereocenters. The van der Waals surface area contributed by atoms with Gasteiger partial charge in [-0.15, -0.1) is 0 Å². The van der Waals surface area contributed by atoms with Crippen LogP contribution in [0.3, 0.4) is 0 Å². The number of anilines is 1. The minimum absolute atomic E-state index is 0.174. The first-order valence-corrected chi connectivity index (χ1v) is 8.15. The SMILES string of the molecule is CNc1cc(Oc2cc(C(F)(F)F)nn2C)nc(Oc2cc(C(F)(F)F)nn2C)c1. The van der Waals surface area contributed by atoms with E-state index in [1.165, 1.54) is 26.2 Å². The lowest BCUT2D eigenvalue weighted by atomic mass is 10.4. The van der Waals surface area contributed by atoms with Gasteiger partial charge in [0.05, 0.1) is 0 Å². The third-order valence-corrected chi connectivity index (χ3v) is 3.74. The summed E-state index contributed by atoms with van der Waals surface area (Å²) < 4.78 is 89.3. The highest BCUT2D eigenvalue weighted by Gasteiger charge is 2.36. The van der Waals surface area contributed by atoms with E-state index in [1.54, 1.807) is 7.05 Å². The summed E-state index contributed by atoms with van der Waals surface area (Å²) in [6, 6.07) is 4.09. The van der Waals surface area contributed by atoms with Gasteiger partial charge in [-0.1, -0.05) is 0 Å². The maximum Gasteiger partial charge on any atom is 0.435 e. The van der Waals surface area contributed by atoms with Crippen LogP contribution in [0.15, 0.2) is 24.3 Å². The molecule has 0 aromatic carbocycles. The van der Waals surface area contributed by atoms with E-state index in [4.69, 9.17) is 9.47 Å². The fourth-order valence-corrected chi connectivity index (χ4v) is 2.31. The molecule has 0 spiro atoms. The van der Waals surface area contributed by atoms with Crippen molar-refractivity contribution in [2.24, 2.45) is 14.1 Å². The van der Waals surface area contributed by atoms with Crippen LogP contribution in [0.5, 0.6) is 23.5 Å². The third-order valence-electron chi connectivity index (χ3n) is 3.74. The highest BCUT2D eigenvalue weighted by molar-refractivity contribution is 5.49. The van der Waals surface area contributed by atoms with Crippen LogP contribution >= 0.6 is 0 Å². The van der Waals surface area contributed by atoms with E-state index in [9.17, 15) is 26.3 Å². The summed E-state index contributed by atoms with van der Waals surface area (Å²) in [4.78, 5) is 3.97. The highest BCUT2D eigenvalue weighted by atomic mass is 19.4. The molecule has 1 N–H and O–H groups in total. The predicted molar refractivity (Wildman–Crippen MR) is 90.4 cm³/mol. The zero-order valence-corrected chi connectivity index (χ0v) is 15.6. The van der Waals surface area contributed by atoms with Crippen LogP contribution in [0, 0.1) is 0 Å². The largest absolute Gasteiger partial charge is 0.435 e. The number of alkyl halides is 6. The van der Waals surface area contributed by atoms with Crippen LogP contribution < -0.4 is 14.8 Å². The summed E-state index contributed by atoms with van der Waals surface area (Å²) in [5.74, 6) is -0.860. The van der Waals surface area contributed by atoms with Crippen LogP contribution in [-0.2, 0) is 26.4 Å². The molecule has 3 heterocycles. The molecule has 3 aromatic rings. The Morgan fingerprint density at radius 1 is 0.767 bits per heavy atom. The number of nitrogens with zero attached hydrogens (tertiary/aromatic N) is 5. The number of rotatable bonds is 5. The summed E-state index contributed by atoms with van der Waals surface area (Å²) in [5, 5.41) is 9.41. The highest BCUT2D eigenvalue weighted by Crippen LogP contribution is 2.35. The molecule has 0 fully saturated rings. The first-order chi connectivity index (χ1) is 13.9. The maximum atomic E-state index is 12.8. The van der Waals surface area contributed by atoms with E-state index >= 15 is 0 Å². The number of pyridine rings is 1. The number of hydrogen-bond donors (Lipinski definition) is 1. The summed E-state index contributed by atoms with van der Waals surface area (Å²) in [6.45, 7) is 0. The van der Waals surface area contributed by atoms with Gasteiger partial charge in [0, 0.05) is 51.1 Å². The first-order valence-electron chi connectivity index (χ1n) is 8.15. The van der Waals surface area contributed by atoms with Crippen molar-refractivity contribution in [1.29, 1.82) is 0 Å². The molecule has 0 atom stereocenters. The molecule has 0 saturated carbocycles. The van der Waals surface area contributed by atoms with Gasteiger partial charge in [0.2, 0.25) is 23.5 Å². The van der Waals surface area contributed by atoms with E-state index in [1.807, 2.05) is 0 Å². The monoisotopic (exact) mass is 436 g/mol. The summed E-state index contributed by atoms with van der Waals surface area (Å²) in [7, 11) is 4.04. The molecule has 0 amide bonds. The van der Waals surface area contributed by atoms with Crippen molar-refractivity contribution in [1.82, 2.24) is 24.5 Å². The molecule has 30 heavy (non-hydrogen) atoms. The predicted octanol–water partition coefficient (Wildman–Crippen LogP) is 4.21. The van der Waals surface area contributed by atoms with Gasteiger partial charge in [-0.2, -0.15) is 41.5 Å². The molecule has 0 aliphatic carbocycles. The standard InChI is InChI=1S/C16H14F6N6O2/c1-23-8-4-11(29-13-6-9(15(17,18)19)25-27(13)2)24-12(5-8)30-14-7-10(16(20,21)22)26-28(14)3/h4-7H,1-3H3,(H,23,24). The van der Waals surface area contributed by atoms with E-state index in [-0.39, 0.29) is 23.5 Å². The zero-order valence-electron chi connectivity index (χ0n) is 15.6. The molecule has 0 radical (unpaired) electrons. The van der Waals surface area contributed by atoms with Gasteiger partial charge in [0.1, 0.15) is 0 Å². The third kappa shape index (κ3) is 4.58. The molecule has 0 aliphatic rings. The molecular formula is C16H14F6N6O2. The maximum absolute atomic E-state index is 12.8. The number of ether oxygens (including phenoxy) is 2. The number of nitrogens with one attached hydrogen (secondary N) is 1. The molecule has 3 aromatic heterocycles. The zero-order chi connectivity index (χ0) is 22.3. The molecular weight excluding hydrogens is 422 g/mol. The van der Waals surface area contributed by atoms with Gasteiger partial charge < -0.3 is 14.8 Å². The van der Waals surface area contributed by atoms with E-state index in [2.05, 4.69) is 20.5 Å². The Balaban J connectivity index is 1.90. The average molecular weight is 436 g/mol. The summed E-state index contributed by atoms with van der Waals surface area (Å²) in [6.07, 6.45) is -9.33. The topological polar surface area (TPSA) is 79.0 Å². The summed E-state index contributed by atoms with van der Waals surface area (Å²) in [5.41, 5.74) is -1.93. The van der Waals surface area contributed by atoms with Crippen molar-refractivity contribution in [2.45, 2.75) is 12.4 Å². The number of halogens is 6. The molecule has 0 aliphatic heterocycles. The Bertz CT molecular complexity index is 977. The van der Waals surface area contributed by atoms with Crippen molar-refractivity contribution >= 4 is 5.69 Å². The Morgan fingerprint density at radius 3 is 1.47 bits per heavy atom. The van der Waals surface area contributed by atoms with Crippen LogP contribution in [0.1, 0.15) is 11.4 Å². The normalized spacial score (nSPS) is 12.2. The smallest absolute Gasteiger partial charge is 0.421 e. The fourth-order valence-electron chi connectivity index (χ4n) is 2.31. The second-order valence-electron chi connectivity index (χ2n) is 5.96. The van der Waals surface area contributed by atoms with Crippen molar-refractivity contribution in [3.8, 4) is 23.5 Å². The first kappa shape index (κ1) is 21.3. The molecule has 0 bridgehead atoms. The Hall–Kier alpha value is -3.45. The minimum atomic E-state index is -4.66. The van der Waals surface area contributed by atoms with Gasteiger partial charge in [0.15, 0.2) is 11.4 Å². The molecule has 0 saturated heterocycles. The molecule has 14 heteroatoms. The summed E-state index contributed by atoms with van der Waals surface area (Å²) >= 11 is 0. The van der Waals surface area contributed by atoms with Crippen LogP contribution in [0.2, 0.25) is 0 Å². The number of aryl methyl sites for hydroxylation is 2. The molecule has 8 nitrogen and oxygen atoms in total. The minimum Gasteiger partial charge on any atom is -0.421 e. The van der Waals surface area contributed by atoms with Gasteiger partial charge in [-0.3, -0.25) is 0 Å². The van der Waals surface area contributed by atoms with E-state index in [0.29, 0.717) is 17.8 Å².